The van der Waals surface area contributed by atoms with Gasteiger partial charge in [-0.1, -0.05) is 18.2 Å². The lowest BCUT2D eigenvalue weighted by Crippen LogP contribution is -2.31. The normalized spacial score (nSPS) is 15.4. The Balaban J connectivity index is 1.71. The van der Waals surface area contributed by atoms with Crippen molar-refractivity contribution in [2.45, 2.75) is 6.54 Å². The van der Waals surface area contributed by atoms with Gasteiger partial charge in [-0.15, -0.1) is 0 Å². The van der Waals surface area contributed by atoms with Crippen molar-refractivity contribution in [2.24, 2.45) is 0 Å². The summed E-state index contributed by atoms with van der Waals surface area (Å²) >= 11 is 0. The number of aromatic amines is 1. The third kappa shape index (κ3) is 2.69. The van der Waals surface area contributed by atoms with Gasteiger partial charge in [0.15, 0.2) is 5.78 Å². The number of benzene rings is 1. The van der Waals surface area contributed by atoms with E-state index in [0.717, 1.165) is 24.4 Å². The fourth-order valence-corrected chi connectivity index (χ4v) is 2.31. The summed E-state index contributed by atoms with van der Waals surface area (Å²) in [6.45, 7) is 2.55. The number of rotatable bonds is 3. The summed E-state index contributed by atoms with van der Waals surface area (Å²) in [7, 11) is 0. The van der Waals surface area contributed by atoms with Crippen LogP contribution in [0.1, 0.15) is 16.1 Å². The number of Topliss-reactive ketones (excluding diaryl/α,β-unsaturated/α-hetero) is 1. The maximum atomic E-state index is 12.1. The number of ketones is 1. The maximum Gasteiger partial charge on any atom is 0.192 e. The van der Waals surface area contributed by atoms with Gasteiger partial charge in [-0.25, -0.2) is 0 Å². The number of carbonyl (C=O) groups is 1. The molecular weight excluding hydrogens is 240 g/mol. The second-order valence-electron chi connectivity index (χ2n) is 4.67. The summed E-state index contributed by atoms with van der Waals surface area (Å²) < 4.78 is 5.69. The van der Waals surface area contributed by atoms with Gasteiger partial charge in [0.1, 0.15) is 12.4 Å². The molecule has 1 aromatic heterocycles. The van der Waals surface area contributed by atoms with Gasteiger partial charge in [-0.05, 0) is 18.2 Å². The second-order valence-corrected chi connectivity index (χ2v) is 4.67. The van der Waals surface area contributed by atoms with Crippen molar-refractivity contribution in [3.8, 4) is 5.75 Å². The lowest BCUT2D eigenvalue weighted by molar-refractivity contribution is 0.0916. The largest absolute Gasteiger partial charge is 0.492 e. The monoisotopic (exact) mass is 256 g/mol. The van der Waals surface area contributed by atoms with E-state index in [1.165, 1.54) is 0 Å². The average Bonchev–Trinajstić information content (AvgIpc) is 2.87. The molecule has 4 heteroatoms. The zero-order valence-corrected chi connectivity index (χ0v) is 10.6. The average molecular weight is 256 g/mol. The van der Waals surface area contributed by atoms with Crippen molar-refractivity contribution in [1.29, 1.82) is 0 Å². The van der Waals surface area contributed by atoms with Gasteiger partial charge in [-0.2, -0.15) is 0 Å². The molecule has 0 aliphatic carbocycles. The first-order valence-electron chi connectivity index (χ1n) is 6.42. The molecule has 1 aromatic carbocycles. The van der Waals surface area contributed by atoms with Crippen molar-refractivity contribution in [1.82, 2.24) is 9.88 Å². The van der Waals surface area contributed by atoms with Crippen LogP contribution in [-0.2, 0) is 6.54 Å². The highest BCUT2D eigenvalue weighted by Crippen LogP contribution is 2.22. The molecule has 0 amide bonds. The third-order valence-corrected chi connectivity index (χ3v) is 3.30. The highest BCUT2D eigenvalue weighted by atomic mass is 16.5. The zero-order chi connectivity index (χ0) is 13.1. The van der Waals surface area contributed by atoms with E-state index in [0.29, 0.717) is 18.8 Å². The van der Waals surface area contributed by atoms with Gasteiger partial charge in [0.2, 0.25) is 0 Å². The molecule has 1 aliphatic rings. The van der Waals surface area contributed by atoms with E-state index in [2.05, 4.69) is 9.88 Å². The van der Waals surface area contributed by atoms with Crippen molar-refractivity contribution >= 4 is 5.78 Å². The Morgan fingerprint density at radius 2 is 2.16 bits per heavy atom. The molecule has 0 saturated heterocycles. The number of ether oxygens (including phenoxy) is 1. The Morgan fingerprint density at radius 3 is 3.00 bits per heavy atom. The van der Waals surface area contributed by atoms with E-state index in [1.807, 2.05) is 36.4 Å². The number of aromatic nitrogens is 1. The van der Waals surface area contributed by atoms with Crippen LogP contribution in [0.5, 0.6) is 5.75 Å². The summed E-state index contributed by atoms with van der Waals surface area (Å²) in [5, 5.41) is 0. The number of hydrogen-bond donors (Lipinski definition) is 1. The highest BCUT2D eigenvalue weighted by Gasteiger charge is 2.18. The van der Waals surface area contributed by atoms with Crippen LogP contribution in [0.4, 0.5) is 0 Å². The van der Waals surface area contributed by atoms with E-state index < -0.39 is 0 Å². The van der Waals surface area contributed by atoms with Crippen molar-refractivity contribution in [3.63, 3.8) is 0 Å². The molecule has 3 rings (SSSR count). The summed E-state index contributed by atoms with van der Waals surface area (Å²) in [4.78, 5) is 17.2. The van der Waals surface area contributed by atoms with Crippen LogP contribution < -0.4 is 4.74 Å². The van der Waals surface area contributed by atoms with Crippen LogP contribution in [0.25, 0.3) is 0 Å². The Hall–Kier alpha value is -2.07. The number of para-hydroxylation sites is 1. The molecule has 1 N–H and O–H groups in total. The van der Waals surface area contributed by atoms with E-state index in [-0.39, 0.29) is 5.78 Å². The molecule has 0 unspecified atom stereocenters. The topological polar surface area (TPSA) is 45.3 Å². The summed E-state index contributed by atoms with van der Waals surface area (Å²) in [5.74, 6) is 1.04. The number of fused-ring (bicyclic) bond motifs is 1. The molecule has 0 fully saturated rings. The molecule has 2 aromatic rings. The standard InChI is InChI=1S/C15H16N2O2/c18-14(13-5-3-7-16-13)11-17-8-9-19-15-6-2-1-4-12(15)10-17/h1-7,16H,8-11H2. The quantitative estimate of drug-likeness (QED) is 0.855. The predicted molar refractivity (Wildman–Crippen MR) is 72.3 cm³/mol. The van der Waals surface area contributed by atoms with Crippen molar-refractivity contribution < 1.29 is 9.53 Å². The fraction of sp³-hybridized carbons (Fsp3) is 0.267. The SMILES string of the molecule is O=C(CN1CCOc2ccccc2C1)c1ccc[nH]1. The summed E-state index contributed by atoms with van der Waals surface area (Å²) in [6, 6.07) is 11.6. The van der Waals surface area contributed by atoms with E-state index in [4.69, 9.17) is 4.74 Å². The lowest BCUT2D eigenvalue weighted by atomic mass is 10.2. The molecule has 0 spiro atoms. The molecule has 4 nitrogen and oxygen atoms in total. The number of nitrogens with zero attached hydrogens (tertiary/aromatic N) is 1. The van der Waals surface area contributed by atoms with Gasteiger partial charge in [0.05, 0.1) is 12.2 Å². The minimum atomic E-state index is 0.115. The molecular formula is C15H16N2O2. The number of hydrogen-bond acceptors (Lipinski definition) is 3. The number of H-pyrrole nitrogens is 1. The molecule has 1 aliphatic heterocycles. The van der Waals surface area contributed by atoms with Gasteiger partial charge >= 0.3 is 0 Å². The van der Waals surface area contributed by atoms with Gasteiger partial charge in [0, 0.05) is 24.8 Å². The molecule has 19 heavy (non-hydrogen) atoms. The van der Waals surface area contributed by atoms with Crippen LogP contribution in [0.2, 0.25) is 0 Å². The first kappa shape index (κ1) is 12.0. The first-order chi connectivity index (χ1) is 9.33. The molecule has 0 bridgehead atoms. The van der Waals surface area contributed by atoms with Crippen LogP contribution in [0.15, 0.2) is 42.6 Å². The predicted octanol–water partition coefficient (Wildman–Crippen LogP) is 2.09. The van der Waals surface area contributed by atoms with Gasteiger partial charge in [-0.3, -0.25) is 9.69 Å². The van der Waals surface area contributed by atoms with Crippen molar-refractivity contribution in [2.75, 3.05) is 19.7 Å². The number of nitrogens with one attached hydrogen (secondary N) is 1. The Labute approximate surface area is 112 Å². The van der Waals surface area contributed by atoms with Gasteiger partial charge < -0.3 is 9.72 Å². The molecule has 2 heterocycles. The minimum Gasteiger partial charge on any atom is -0.492 e. The zero-order valence-electron chi connectivity index (χ0n) is 10.6. The highest BCUT2D eigenvalue weighted by molar-refractivity contribution is 5.95. The summed E-state index contributed by atoms with van der Waals surface area (Å²) in [5.41, 5.74) is 1.80. The molecule has 0 atom stereocenters. The fourth-order valence-electron chi connectivity index (χ4n) is 2.31. The Bertz CT molecular complexity index is 563. The van der Waals surface area contributed by atoms with Gasteiger partial charge in [0.25, 0.3) is 0 Å². The first-order valence-corrected chi connectivity index (χ1v) is 6.42. The summed E-state index contributed by atoms with van der Waals surface area (Å²) in [6.07, 6.45) is 1.77. The minimum absolute atomic E-state index is 0.115. The maximum absolute atomic E-state index is 12.1. The van der Waals surface area contributed by atoms with E-state index in [9.17, 15) is 4.79 Å². The van der Waals surface area contributed by atoms with E-state index >= 15 is 0 Å². The number of carbonyl (C=O) groups excluding carboxylic acids is 1. The molecule has 0 radical (unpaired) electrons. The van der Waals surface area contributed by atoms with Crippen LogP contribution >= 0.6 is 0 Å². The lowest BCUT2D eigenvalue weighted by Gasteiger charge is -2.17. The van der Waals surface area contributed by atoms with E-state index in [1.54, 1.807) is 6.20 Å². The smallest absolute Gasteiger partial charge is 0.192 e. The Kier molecular flexibility index (Phi) is 3.33. The van der Waals surface area contributed by atoms with Crippen LogP contribution in [-0.4, -0.2) is 35.4 Å². The molecule has 0 saturated carbocycles. The second kappa shape index (κ2) is 5.28. The Morgan fingerprint density at radius 1 is 1.26 bits per heavy atom. The van der Waals surface area contributed by atoms with Crippen molar-refractivity contribution in [3.05, 3.63) is 53.9 Å². The van der Waals surface area contributed by atoms with Crippen LogP contribution in [0.3, 0.4) is 0 Å². The third-order valence-electron chi connectivity index (χ3n) is 3.30. The molecule has 98 valence electrons. The van der Waals surface area contributed by atoms with Crippen LogP contribution in [0, 0.1) is 0 Å².